The van der Waals surface area contributed by atoms with Crippen LogP contribution in [0.5, 0.6) is 0 Å². The number of likely N-dealkylation sites (tertiary alicyclic amines) is 1. The molecule has 8 heteroatoms. The van der Waals surface area contributed by atoms with Gasteiger partial charge in [0.2, 0.25) is 10.0 Å². The zero-order chi connectivity index (χ0) is 16.0. The molecule has 0 aromatic heterocycles. The standard InChI is InChI=1S/C15H24N4O2S.HI/c1-17-22(20,21)14-8-6-13(7-9-14)12-18-15(16)19-10-4-2-3-5-11-19;/h6-9,17H,2-5,10-12H2,1H3,(H2,16,18);1H. The second-order valence-corrected chi connectivity index (χ2v) is 7.31. The first-order valence-corrected chi connectivity index (χ1v) is 9.08. The van der Waals surface area contributed by atoms with Gasteiger partial charge in [0, 0.05) is 13.1 Å². The van der Waals surface area contributed by atoms with Gasteiger partial charge < -0.3 is 10.6 Å². The minimum atomic E-state index is -3.39. The van der Waals surface area contributed by atoms with E-state index in [1.165, 1.54) is 19.9 Å². The lowest BCUT2D eigenvalue weighted by Crippen LogP contribution is -2.38. The number of nitrogens with two attached hydrogens (primary N) is 1. The first-order valence-electron chi connectivity index (χ1n) is 7.60. The number of benzene rings is 1. The fourth-order valence-corrected chi connectivity index (χ4v) is 3.19. The van der Waals surface area contributed by atoms with Crippen LogP contribution in [0.1, 0.15) is 31.2 Å². The van der Waals surface area contributed by atoms with Gasteiger partial charge in [-0.05, 0) is 37.6 Å². The second kappa shape index (κ2) is 9.43. The van der Waals surface area contributed by atoms with E-state index in [0.29, 0.717) is 12.5 Å². The Kier molecular flexibility index (Phi) is 8.27. The molecule has 130 valence electrons. The van der Waals surface area contributed by atoms with Crippen LogP contribution >= 0.6 is 24.0 Å². The number of rotatable bonds is 4. The minimum absolute atomic E-state index is 0. The number of halogens is 1. The van der Waals surface area contributed by atoms with E-state index in [1.807, 2.05) is 0 Å². The third kappa shape index (κ3) is 5.92. The van der Waals surface area contributed by atoms with Crippen LogP contribution in [0.15, 0.2) is 34.2 Å². The third-order valence-electron chi connectivity index (χ3n) is 3.86. The summed E-state index contributed by atoms with van der Waals surface area (Å²) in [6.45, 7) is 2.39. The highest BCUT2D eigenvalue weighted by atomic mass is 127. The molecule has 0 bridgehead atoms. The zero-order valence-electron chi connectivity index (χ0n) is 13.4. The summed E-state index contributed by atoms with van der Waals surface area (Å²) in [5.41, 5.74) is 6.99. The Labute approximate surface area is 155 Å². The fraction of sp³-hybridized carbons (Fsp3) is 0.533. The van der Waals surface area contributed by atoms with Crippen LogP contribution in [0.25, 0.3) is 0 Å². The summed E-state index contributed by atoms with van der Waals surface area (Å²) in [4.78, 5) is 6.81. The summed E-state index contributed by atoms with van der Waals surface area (Å²) < 4.78 is 25.6. The number of hydrogen-bond acceptors (Lipinski definition) is 3. The normalized spacial score (nSPS) is 16.6. The Morgan fingerprint density at radius 2 is 1.74 bits per heavy atom. The molecule has 1 fully saturated rings. The largest absolute Gasteiger partial charge is 0.370 e. The maximum absolute atomic E-state index is 11.7. The second-order valence-electron chi connectivity index (χ2n) is 5.43. The van der Waals surface area contributed by atoms with Crippen LogP contribution in [0.3, 0.4) is 0 Å². The summed E-state index contributed by atoms with van der Waals surface area (Å²) in [5, 5.41) is 0. The number of hydrogen-bond donors (Lipinski definition) is 2. The summed E-state index contributed by atoms with van der Waals surface area (Å²) in [7, 11) is -1.99. The topological polar surface area (TPSA) is 87.8 Å². The molecule has 0 saturated carbocycles. The minimum Gasteiger partial charge on any atom is -0.370 e. The van der Waals surface area contributed by atoms with E-state index in [2.05, 4.69) is 14.6 Å². The number of nitrogens with zero attached hydrogens (tertiary/aromatic N) is 2. The van der Waals surface area contributed by atoms with Gasteiger partial charge in [-0.2, -0.15) is 0 Å². The van der Waals surface area contributed by atoms with Crippen molar-refractivity contribution in [3.63, 3.8) is 0 Å². The molecule has 1 aliphatic heterocycles. The molecule has 0 radical (unpaired) electrons. The Morgan fingerprint density at radius 3 is 2.26 bits per heavy atom. The van der Waals surface area contributed by atoms with Crippen molar-refractivity contribution in [3.8, 4) is 0 Å². The maximum atomic E-state index is 11.7. The predicted molar refractivity (Wildman–Crippen MR) is 103 cm³/mol. The Bertz CT molecular complexity index is 609. The summed E-state index contributed by atoms with van der Waals surface area (Å²) in [6.07, 6.45) is 4.83. The maximum Gasteiger partial charge on any atom is 0.240 e. The van der Waals surface area contributed by atoms with Crippen LogP contribution in [-0.2, 0) is 16.6 Å². The quantitative estimate of drug-likeness (QED) is 0.415. The lowest BCUT2D eigenvalue weighted by atomic mass is 10.2. The van der Waals surface area contributed by atoms with Crippen molar-refractivity contribution in [2.24, 2.45) is 10.7 Å². The molecule has 0 spiro atoms. The van der Waals surface area contributed by atoms with Gasteiger partial charge in [0.1, 0.15) is 0 Å². The molecule has 2 rings (SSSR count). The Hall–Kier alpha value is -0.870. The van der Waals surface area contributed by atoms with E-state index in [0.717, 1.165) is 31.5 Å². The molecular formula is C15H25IN4O2S. The van der Waals surface area contributed by atoms with E-state index in [9.17, 15) is 8.42 Å². The highest BCUT2D eigenvalue weighted by molar-refractivity contribution is 14.0. The molecule has 6 nitrogen and oxygen atoms in total. The molecule has 3 N–H and O–H groups in total. The van der Waals surface area contributed by atoms with Gasteiger partial charge in [0.05, 0.1) is 11.4 Å². The first kappa shape index (κ1) is 20.2. The zero-order valence-corrected chi connectivity index (χ0v) is 16.5. The molecular weight excluding hydrogens is 427 g/mol. The monoisotopic (exact) mass is 452 g/mol. The van der Waals surface area contributed by atoms with Crippen LogP contribution in [0.2, 0.25) is 0 Å². The van der Waals surface area contributed by atoms with Crippen molar-refractivity contribution in [1.29, 1.82) is 0 Å². The van der Waals surface area contributed by atoms with Crippen molar-refractivity contribution in [1.82, 2.24) is 9.62 Å². The van der Waals surface area contributed by atoms with Crippen molar-refractivity contribution >= 4 is 40.0 Å². The molecule has 1 aromatic rings. The van der Waals surface area contributed by atoms with Gasteiger partial charge >= 0.3 is 0 Å². The van der Waals surface area contributed by atoms with E-state index in [-0.39, 0.29) is 28.9 Å². The molecule has 0 amide bonds. The average Bonchev–Trinajstić information content (AvgIpc) is 2.82. The summed E-state index contributed by atoms with van der Waals surface area (Å²) in [5.74, 6) is 0.578. The van der Waals surface area contributed by atoms with Crippen molar-refractivity contribution in [2.75, 3.05) is 20.1 Å². The number of sulfonamides is 1. The number of aliphatic imine (C=N–C) groups is 1. The van der Waals surface area contributed by atoms with Crippen LogP contribution in [0, 0.1) is 0 Å². The lowest BCUT2D eigenvalue weighted by Gasteiger charge is -2.21. The van der Waals surface area contributed by atoms with Crippen molar-refractivity contribution < 1.29 is 8.42 Å². The number of guanidine groups is 1. The molecule has 0 aliphatic carbocycles. The molecule has 1 aliphatic rings. The molecule has 0 atom stereocenters. The van der Waals surface area contributed by atoms with Crippen molar-refractivity contribution in [2.45, 2.75) is 37.1 Å². The molecule has 0 unspecified atom stereocenters. The van der Waals surface area contributed by atoms with Gasteiger partial charge in [-0.3, -0.25) is 0 Å². The highest BCUT2D eigenvalue weighted by Crippen LogP contribution is 2.12. The lowest BCUT2D eigenvalue weighted by molar-refractivity contribution is 0.428. The Morgan fingerprint density at radius 1 is 1.17 bits per heavy atom. The van der Waals surface area contributed by atoms with Gasteiger partial charge in [0.25, 0.3) is 0 Å². The SMILES string of the molecule is CNS(=O)(=O)c1ccc(CN=C(N)N2CCCCCC2)cc1.I. The van der Waals surface area contributed by atoms with E-state index >= 15 is 0 Å². The van der Waals surface area contributed by atoms with Crippen LogP contribution in [-0.4, -0.2) is 39.4 Å². The third-order valence-corrected chi connectivity index (χ3v) is 5.29. The van der Waals surface area contributed by atoms with Gasteiger partial charge in [-0.25, -0.2) is 18.1 Å². The van der Waals surface area contributed by atoms with Gasteiger partial charge in [-0.15, -0.1) is 24.0 Å². The van der Waals surface area contributed by atoms with Gasteiger partial charge in [-0.1, -0.05) is 25.0 Å². The Balaban J connectivity index is 0.00000264. The number of nitrogens with one attached hydrogen (secondary N) is 1. The van der Waals surface area contributed by atoms with Crippen LogP contribution in [0.4, 0.5) is 0 Å². The van der Waals surface area contributed by atoms with E-state index in [4.69, 9.17) is 5.73 Å². The van der Waals surface area contributed by atoms with E-state index in [1.54, 1.807) is 24.3 Å². The van der Waals surface area contributed by atoms with Crippen molar-refractivity contribution in [3.05, 3.63) is 29.8 Å². The fourth-order valence-electron chi connectivity index (χ4n) is 2.46. The van der Waals surface area contributed by atoms with E-state index < -0.39 is 10.0 Å². The molecule has 23 heavy (non-hydrogen) atoms. The van der Waals surface area contributed by atoms with Crippen LogP contribution < -0.4 is 10.5 Å². The average molecular weight is 452 g/mol. The highest BCUT2D eigenvalue weighted by Gasteiger charge is 2.12. The smallest absolute Gasteiger partial charge is 0.240 e. The summed E-state index contributed by atoms with van der Waals surface area (Å²) >= 11 is 0. The molecule has 1 heterocycles. The molecule has 1 saturated heterocycles. The first-order chi connectivity index (χ1) is 10.5. The molecule has 1 aromatic carbocycles. The summed E-state index contributed by atoms with van der Waals surface area (Å²) in [6, 6.07) is 6.70. The predicted octanol–water partition coefficient (Wildman–Crippen LogP) is 1.90. The van der Waals surface area contributed by atoms with Gasteiger partial charge in [0.15, 0.2) is 5.96 Å².